The van der Waals surface area contributed by atoms with Gasteiger partial charge < -0.3 is 14.2 Å². The fourth-order valence-electron chi connectivity index (χ4n) is 1.59. The van der Waals surface area contributed by atoms with Gasteiger partial charge in [0, 0.05) is 6.61 Å². The molecular formula is C15H24O3. The molecular weight excluding hydrogens is 228 g/mol. The van der Waals surface area contributed by atoms with Crippen molar-refractivity contribution in [3.05, 3.63) is 23.8 Å². The Bertz CT molecular complexity index is 348. The van der Waals surface area contributed by atoms with E-state index in [1.165, 1.54) is 0 Å². The molecule has 0 fully saturated rings. The van der Waals surface area contributed by atoms with Crippen LogP contribution >= 0.6 is 0 Å². The van der Waals surface area contributed by atoms with E-state index < -0.39 is 0 Å². The van der Waals surface area contributed by atoms with E-state index in [9.17, 15) is 0 Å². The molecule has 0 atom stereocenters. The first-order valence-corrected chi connectivity index (χ1v) is 6.54. The standard InChI is InChI=1S/C15H24O3/c1-5-18-14-7-6-13(10-15(14)16-4)11-17-9-8-12(2)3/h6-7,10,12H,5,8-9,11H2,1-4H3. The number of methoxy groups -OCH3 is 1. The number of benzene rings is 1. The van der Waals surface area contributed by atoms with Crippen molar-refractivity contribution in [1.82, 2.24) is 0 Å². The molecule has 0 radical (unpaired) electrons. The maximum Gasteiger partial charge on any atom is 0.161 e. The van der Waals surface area contributed by atoms with E-state index in [1.807, 2.05) is 25.1 Å². The van der Waals surface area contributed by atoms with Gasteiger partial charge in [-0.15, -0.1) is 0 Å². The van der Waals surface area contributed by atoms with Gasteiger partial charge in [-0.05, 0) is 37.0 Å². The van der Waals surface area contributed by atoms with Gasteiger partial charge in [-0.3, -0.25) is 0 Å². The van der Waals surface area contributed by atoms with Crippen LogP contribution in [0.1, 0.15) is 32.8 Å². The lowest BCUT2D eigenvalue weighted by Gasteiger charge is -2.11. The van der Waals surface area contributed by atoms with Gasteiger partial charge in [0.1, 0.15) is 0 Å². The third-order valence-corrected chi connectivity index (χ3v) is 2.64. The van der Waals surface area contributed by atoms with Crippen LogP contribution in [0.4, 0.5) is 0 Å². The van der Waals surface area contributed by atoms with E-state index in [-0.39, 0.29) is 0 Å². The fraction of sp³-hybridized carbons (Fsp3) is 0.600. The van der Waals surface area contributed by atoms with Crippen molar-refractivity contribution < 1.29 is 14.2 Å². The number of ether oxygens (including phenoxy) is 3. The normalized spacial score (nSPS) is 10.7. The SMILES string of the molecule is CCOc1ccc(COCCC(C)C)cc1OC. The van der Waals surface area contributed by atoms with Gasteiger partial charge in [0.25, 0.3) is 0 Å². The van der Waals surface area contributed by atoms with Crippen LogP contribution in [0.25, 0.3) is 0 Å². The molecule has 0 saturated heterocycles. The maximum atomic E-state index is 5.63. The van der Waals surface area contributed by atoms with E-state index in [2.05, 4.69) is 13.8 Å². The molecule has 0 aromatic heterocycles. The highest BCUT2D eigenvalue weighted by Crippen LogP contribution is 2.28. The molecule has 0 unspecified atom stereocenters. The van der Waals surface area contributed by atoms with Crippen molar-refractivity contribution in [1.29, 1.82) is 0 Å². The van der Waals surface area contributed by atoms with Gasteiger partial charge in [-0.1, -0.05) is 19.9 Å². The van der Waals surface area contributed by atoms with Crippen molar-refractivity contribution in [2.45, 2.75) is 33.8 Å². The molecule has 0 bridgehead atoms. The second kappa shape index (κ2) is 7.98. The molecule has 0 aliphatic heterocycles. The quantitative estimate of drug-likeness (QED) is 0.661. The summed E-state index contributed by atoms with van der Waals surface area (Å²) in [6, 6.07) is 5.92. The third-order valence-electron chi connectivity index (χ3n) is 2.64. The largest absolute Gasteiger partial charge is 0.493 e. The van der Waals surface area contributed by atoms with Crippen LogP contribution in [-0.4, -0.2) is 20.3 Å². The molecule has 0 spiro atoms. The Balaban J connectivity index is 2.51. The predicted octanol–water partition coefficient (Wildman–Crippen LogP) is 3.66. The minimum absolute atomic E-state index is 0.621. The number of rotatable bonds is 8. The van der Waals surface area contributed by atoms with Gasteiger partial charge in [-0.25, -0.2) is 0 Å². The minimum atomic E-state index is 0.621. The Labute approximate surface area is 110 Å². The second-order valence-electron chi connectivity index (χ2n) is 4.65. The summed E-state index contributed by atoms with van der Waals surface area (Å²) >= 11 is 0. The molecule has 0 amide bonds. The van der Waals surface area contributed by atoms with Gasteiger partial charge >= 0.3 is 0 Å². The maximum absolute atomic E-state index is 5.63. The first-order valence-electron chi connectivity index (χ1n) is 6.54. The van der Waals surface area contributed by atoms with Crippen LogP contribution in [-0.2, 0) is 11.3 Å². The van der Waals surface area contributed by atoms with Crippen LogP contribution in [0, 0.1) is 5.92 Å². The minimum Gasteiger partial charge on any atom is -0.493 e. The lowest BCUT2D eigenvalue weighted by Crippen LogP contribution is -2.00. The van der Waals surface area contributed by atoms with Gasteiger partial charge in [0.2, 0.25) is 0 Å². The zero-order valence-electron chi connectivity index (χ0n) is 11.9. The summed E-state index contributed by atoms with van der Waals surface area (Å²) in [7, 11) is 1.65. The van der Waals surface area contributed by atoms with Crippen molar-refractivity contribution in [3.63, 3.8) is 0 Å². The monoisotopic (exact) mass is 252 g/mol. The molecule has 0 saturated carbocycles. The molecule has 0 aliphatic carbocycles. The fourth-order valence-corrected chi connectivity index (χ4v) is 1.59. The molecule has 102 valence electrons. The molecule has 0 aliphatic rings. The van der Waals surface area contributed by atoms with Crippen LogP contribution in [0.15, 0.2) is 18.2 Å². The Morgan fingerprint density at radius 1 is 1.17 bits per heavy atom. The second-order valence-corrected chi connectivity index (χ2v) is 4.65. The Morgan fingerprint density at radius 2 is 1.94 bits per heavy atom. The lowest BCUT2D eigenvalue weighted by atomic mass is 10.1. The predicted molar refractivity (Wildman–Crippen MR) is 73.3 cm³/mol. The van der Waals surface area contributed by atoms with Crippen molar-refractivity contribution in [2.24, 2.45) is 5.92 Å². The molecule has 0 heterocycles. The summed E-state index contributed by atoms with van der Waals surface area (Å²) < 4.78 is 16.4. The van der Waals surface area contributed by atoms with Crippen LogP contribution in [0.3, 0.4) is 0 Å². The summed E-state index contributed by atoms with van der Waals surface area (Å²) in [6.07, 6.45) is 1.09. The highest BCUT2D eigenvalue weighted by atomic mass is 16.5. The Hall–Kier alpha value is -1.22. The number of hydrogen-bond donors (Lipinski definition) is 0. The summed E-state index contributed by atoms with van der Waals surface area (Å²) in [6.45, 7) is 8.41. The summed E-state index contributed by atoms with van der Waals surface area (Å²) in [4.78, 5) is 0. The van der Waals surface area contributed by atoms with E-state index in [4.69, 9.17) is 14.2 Å². The first-order chi connectivity index (χ1) is 8.67. The molecule has 1 rings (SSSR count). The molecule has 3 heteroatoms. The van der Waals surface area contributed by atoms with E-state index >= 15 is 0 Å². The average molecular weight is 252 g/mol. The van der Waals surface area contributed by atoms with Gasteiger partial charge in [0.05, 0.1) is 20.3 Å². The summed E-state index contributed by atoms with van der Waals surface area (Å²) in [5.41, 5.74) is 1.11. The summed E-state index contributed by atoms with van der Waals surface area (Å²) in [5, 5.41) is 0. The van der Waals surface area contributed by atoms with Crippen LogP contribution in [0.2, 0.25) is 0 Å². The zero-order chi connectivity index (χ0) is 13.4. The van der Waals surface area contributed by atoms with Gasteiger partial charge in [-0.2, -0.15) is 0 Å². The topological polar surface area (TPSA) is 27.7 Å². The van der Waals surface area contributed by atoms with E-state index in [0.29, 0.717) is 19.1 Å². The van der Waals surface area contributed by atoms with Crippen LogP contribution in [0.5, 0.6) is 11.5 Å². The summed E-state index contributed by atoms with van der Waals surface area (Å²) in [5.74, 6) is 2.23. The number of hydrogen-bond acceptors (Lipinski definition) is 3. The smallest absolute Gasteiger partial charge is 0.161 e. The first kappa shape index (κ1) is 14.8. The van der Waals surface area contributed by atoms with E-state index in [0.717, 1.165) is 30.1 Å². The zero-order valence-corrected chi connectivity index (χ0v) is 11.9. The Kier molecular flexibility index (Phi) is 6.58. The van der Waals surface area contributed by atoms with Crippen molar-refractivity contribution in [2.75, 3.05) is 20.3 Å². The van der Waals surface area contributed by atoms with Crippen LogP contribution < -0.4 is 9.47 Å². The molecule has 1 aromatic rings. The lowest BCUT2D eigenvalue weighted by molar-refractivity contribution is 0.110. The van der Waals surface area contributed by atoms with Gasteiger partial charge in [0.15, 0.2) is 11.5 Å². The highest BCUT2D eigenvalue weighted by molar-refractivity contribution is 5.42. The third kappa shape index (κ3) is 4.96. The molecule has 3 nitrogen and oxygen atoms in total. The van der Waals surface area contributed by atoms with E-state index in [1.54, 1.807) is 7.11 Å². The highest BCUT2D eigenvalue weighted by Gasteiger charge is 2.05. The Morgan fingerprint density at radius 3 is 2.56 bits per heavy atom. The molecule has 1 aromatic carbocycles. The van der Waals surface area contributed by atoms with Crippen molar-refractivity contribution in [3.8, 4) is 11.5 Å². The average Bonchev–Trinajstić information content (AvgIpc) is 2.36. The molecule has 0 N–H and O–H groups in total. The molecule has 18 heavy (non-hydrogen) atoms. The van der Waals surface area contributed by atoms with Crippen molar-refractivity contribution >= 4 is 0 Å².